The molecule has 0 rings (SSSR count). The lowest BCUT2D eigenvalue weighted by atomic mass is 10.0. The van der Waals surface area contributed by atoms with Gasteiger partial charge in [0.1, 0.15) is 0 Å². The van der Waals surface area contributed by atoms with Crippen molar-refractivity contribution >= 4 is 12.4 Å². The largest absolute Gasteiger partial charge is 0.298 e. The van der Waals surface area contributed by atoms with Crippen LogP contribution in [-0.4, -0.2) is 23.5 Å². The van der Waals surface area contributed by atoms with E-state index in [4.69, 9.17) is 0 Å². The van der Waals surface area contributed by atoms with E-state index < -0.39 is 0 Å². The lowest BCUT2D eigenvalue weighted by Crippen LogP contribution is -2.42. The zero-order valence-electron chi connectivity index (χ0n) is 16.3. The molecule has 1 nitrogen and oxygen atoms in total. The van der Waals surface area contributed by atoms with Gasteiger partial charge in [-0.25, -0.2) is 0 Å². The molecule has 0 aromatic carbocycles. The van der Waals surface area contributed by atoms with Gasteiger partial charge in [0.2, 0.25) is 0 Å². The first-order valence-electron chi connectivity index (χ1n) is 9.77. The molecule has 0 aliphatic carbocycles. The van der Waals surface area contributed by atoms with Gasteiger partial charge in [-0.15, -0.1) is 12.4 Å². The van der Waals surface area contributed by atoms with Gasteiger partial charge in [0.15, 0.2) is 0 Å². The van der Waals surface area contributed by atoms with E-state index in [0.717, 1.165) is 0 Å². The average molecular weight is 334 g/mol. The third kappa shape index (κ3) is 15.2. The average Bonchev–Trinajstić information content (AvgIpc) is 2.42. The summed E-state index contributed by atoms with van der Waals surface area (Å²) in [6, 6.07) is 0. The standard InChI is InChI=1S/C20H43N.ClH/c1-6-8-10-12-14-16-18-21(20(3,4)5)19-17-15-13-11-9-7-2;/h6-19H2,1-5H3;1H. The number of rotatable bonds is 14. The minimum atomic E-state index is 0. The molecule has 0 bridgehead atoms. The summed E-state index contributed by atoms with van der Waals surface area (Å²) in [5.74, 6) is 0. The molecular formula is C20H44ClN. The topological polar surface area (TPSA) is 3.24 Å². The fourth-order valence-electron chi connectivity index (χ4n) is 2.95. The number of hydrogen-bond donors (Lipinski definition) is 0. The minimum absolute atomic E-state index is 0. The Morgan fingerprint density at radius 2 is 0.864 bits per heavy atom. The maximum absolute atomic E-state index is 2.71. The van der Waals surface area contributed by atoms with Crippen LogP contribution in [0.2, 0.25) is 0 Å². The fraction of sp³-hybridized carbons (Fsp3) is 1.00. The van der Waals surface area contributed by atoms with Crippen molar-refractivity contribution in [3.8, 4) is 0 Å². The van der Waals surface area contributed by atoms with Crippen molar-refractivity contribution in [1.29, 1.82) is 0 Å². The van der Waals surface area contributed by atoms with Crippen LogP contribution < -0.4 is 0 Å². The molecule has 0 atom stereocenters. The Kier molecular flexibility index (Phi) is 18.0. The predicted octanol–water partition coefficient (Wildman–Crippen LogP) is 7.23. The molecule has 0 aromatic rings. The van der Waals surface area contributed by atoms with E-state index in [1.807, 2.05) is 0 Å². The van der Waals surface area contributed by atoms with Crippen LogP contribution in [0.1, 0.15) is 112 Å². The lowest BCUT2D eigenvalue weighted by molar-refractivity contribution is 0.130. The fourth-order valence-corrected chi connectivity index (χ4v) is 2.95. The molecule has 0 aliphatic rings. The zero-order chi connectivity index (χ0) is 16.0. The van der Waals surface area contributed by atoms with Gasteiger partial charge < -0.3 is 0 Å². The van der Waals surface area contributed by atoms with Gasteiger partial charge in [0, 0.05) is 5.54 Å². The number of nitrogens with zero attached hydrogens (tertiary/aromatic N) is 1. The van der Waals surface area contributed by atoms with Crippen LogP contribution in [0.4, 0.5) is 0 Å². The second-order valence-electron chi connectivity index (χ2n) is 7.69. The van der Waals surface area contributed by atoms with Gasteiger partial charge in [-0.3, -0.25) is 4.90 Å². The molecule has 0 fully saturated rings. The molecule has 22 heavy (non-hydrogen) atoms. The Morgan fingerprint density at radius 1 is 0.545 bits per heavy atom. The van der Waals surface area contributed by atoms with E-state index in [-0.39, 0.29) is 12.4 Å². The third-order valence-corrected chi connectivity index (χ3v) is 4.51. The summed E-state index contributed by atoms with van der Waals surface area (Å²) in [4.78, 5) is 2.71. The third-order valence-electron chi connectivity index (χ3n) is 4.51. The summed E-state index contributed by atoms with van der Waals surface area (Å²) in [5.41, 5.74) is 0.340. The van der Waals surface area contributed by atoms with Crippen molar-refractivity contribution in [1.82, 2.24) is 4.90 Å². The summed E-state index contributed by atoms with van der Waals surface area (Å²) in [6.07, 6.45) is 16.9. The van der Waals surface area contributed by atoms with Crippen molar-refractivity contribution in [3.63, 3.8) is 0 Å². The van der Waals surface area contributed by atoms with E-state index in [1.165, 1.54) is 90.1 Å². The molecule has 0 saturated carbocycles. The molecule has 0 spiro atoms. The van der Waals surface area contributed by atoms with Gasteiger partial charge in [0.25, 0.3) is 0 Å². The molecule has 0 heterocycles. The number of halogens is 1. The van der Waals surface area contributed by atoms with E-state index >= 15 is 0 Å². The van der Waals surface area contributed by atoms with Gasteiger partial charge in [-0.2, -0.15) is 0 Å². The van der Waals surface area contributed by atoms with Crippen LogP contribution >= 0.6 is 12.4 Å². The summed E-state index contributed by atoms with van der Waals surface area (Å²) in [6.45, 7) is 14.3. The quantitative estimate of drug-likeness (QED) is 0.303. The molecule has 0 aliphatic heterocycles. The van der Waals surface area contributed by atoms with Crippen molar-refractivity contribution in [2.24, 2.45) is 0 Å². The molecule has 0 radical (unpaired) electrons. The molecular weight excluding hydrogens is 290 g/mol. The van der Waals surface area contributed by atoms with Gasteiger partial charge in [-0.05, 0) is 46.7 Å². The lowest BCUT2D eigenvalue weighted by Gasteiger charge is -2.36. The van der Waals surface area contributed by atoms with Crippen LogP contribution in [0.25, 0.3) is 0 Å². The monoisotopic (exact) mass is 333 g/mol. The first-order valence-corrected chi connectivity index (χ1v) is 9.77. The van der Waals surface area contributed by atoms with Crippen LogP contribution in [0, 0.1) is 0 Å². The van der Waals surface area contributed by atoms with E-state index in [1.54, 1.807) is 0 Å². The molecule has 136 valence electrons. The molecule has 0 aromatic heterocycles. The first kappa shape index (κ1) is 24.5. The molecule has 2 heteroatoms. The van der Waals surface area contributed by atoms with Crippen molar-refractivity contribution in [3.05, 3.63) is 0 Å². The maximum Gasteiger partial charge on any atom is 0.0125 e. The number of unbranched alkanes of at least 4 members (excludes halogenated alkanes) is 10. The predicted molar refractivity (Wildman–Crippen MR) is 105 cm³/mol. The molecule has 0 unspecified atom stereocenters. The highest BCUT2D eigenvalue weighted by Gasteiger charge is 2.19. The summed E-state index contributed by atoms with van der Waals surface area (Å²) in [5, 5.41) is 0. The van der Waals surface area contributed by atoms with Gasteiger partial charge in [0.05, 0.1) is 0 Å². The second-order valence-corrected chi connectivity index (χ2v) is 7.69. The SMILES string of the molecule is CCCCCCCCN(CCCCCCCC)C(C)(C)C.Cl. The smallest absolute Gasteiger partial charge is 0.0125 e. The Balaban J connectivity index is 0. The first-order chi connectivity index (χ1) is 10.0. The van der Waals surface area contributed by atoms with Crippen LogP contribution in [-0.2, 0) is 0 Å². The van der Waals surface area contributed by atoms with Crippen LogP contribution in [0.3, 0.4) is 0 Å². The minimum Gasteiger partial charge on any atom is -0.298 e. The maximum atomic E-state index is 2.71. The van der Waals surface area contributed by atoms with Gasteiger partial charge >= 0.3 is 0 Å². The van der Waals surface area contributed by atoms with Gasteiger partial charge in [-0.1, -0.05) is 78.1 Å². The Bertz CT molecular complexity index is 194. The summed E-state index contributed by atoms with van der Waals surface area (Å²) < 4.78 is 0. The van der Waals surface area contributed by atoms with E-state index in [0.29, 0.717) is 5.54 Å². The van der Waals surface area contributed by atoms with Crippen molar-refractivity contribution < 1.29 is 0 Å². The summed E-state index contributed by atoms with van der Waals surface area (Å²) >= 11 is 0. The molecule has 0 saturated heterocycles. The Morgan fingerprint density at radius 3 is 1.18 bits per heavy atom. The highest BCUT2D eigenvalue weighted by atomic mass is 35.5. The van der Waals surface area contributed by atoms with Crippen LogP contribution in [0.5, 0.6) is 0 Å². The Hall–Kier alpha value is 0.250. The summed E-state index contributed by atoms with van der Waals surface area (Å²) in [7, 11) is 0. The normalized spacial score (nSPS) is 11.7. The molecule has 0 N–H and O–H groups in total. The van der Waals surface area contributed by atoms with E-state index in [9.17, 15) is 0 Å². The molecule has 0 amide bonds. The zero-order valence-corrected chi connectivity index (χ0v) is 17.1. The Labute approximate surface area is 148 Å². The van der Waals surface area contributed by atoms with Crippen molar-refractivity contribution in [2.45, 2.75) is 117 Å². The second kappa shape index (κ2) is 16.1. The highest BCUT2D eigenvalue weighted by molar-refractivity contribution is 5.85. The van der Waals surface area contributed by atoms with E-state index in [2.05, 4.69) is 39.5 Å². The van der Waals surface area contributed by atoms with Crippen LogP contribution in [0.15, 0.2) is 0 Å². The number of hydrogen-bond acceptors (Lipinski definition) is 1. The highest BCUT2D eigenvalue weighted by Crippen LogP contribution is 2.17. The van der Waals surface area contributed by atoms with Crippen molar-refractivity contribution in [2.75, 3.05) is 13.1 Å².